The molecule has 0 unspecified atom stereocenters. The molecule has 2 N–H and O–H groups in total. The fraction of sp³-hybridized carbons (Fsp3) is 0.381. The molecule has 4 rings (SSSR count). The maximum atomic E-state index is 5.38. The predicted molar refractivity (Wildman–Crippen MR) is 119 cm³/mol. The lowest BCUT2D eigenvalue weighted by Gasteiger charge is -2.18. The number of hydrogen-bond acceptors (Lipinski definition) is 8. The minimum Gasteiger partial charge on any atom is -0.497 e. The van der Waals surface area contributed by atoms with Crippen LogP contribution in [0.4, 0.5) is 17.5 Å². The van der Waals surface area contributed by atoms with Crippen LogP contribution < -0.4 is 19.7 Å². The highest BCUT2D eigenvalue weighted by molar-refractivity contribution is 7.98. The topological polar surface area (TPSA) is 88.2 Å². The minimum absolute atomic E-state index is 0.706. The Morgan fingerprint density at radius 2 is 1.73 bits per heavy atom. The molecule has 0 saturated carbocycles. The first-order valence-corrected chi connectivity index (χ1v) is 10.9. The zero-order valence-corrected chi connectivity index (χ0v) is 18.3. The van der Waals surface area contributed by atoms with Gasteiger partial charge in [-0.1, -0.05) is 11.8 Å². The van der Waals surface area contributed by atoms with E-state index in [4.69, 9.17) is 19.4 Å². The van der Waals surface area contributed by atoms with Crippen LogP contribution in [0.1, 0.15) is 24.1 Å². The van der Waals surface area contributed by atoms with E-state index < -0.39 is 0 Å². The number of methoxy groups -OCH3 is 2. The number of nitrogens with one attached hydrogen (secondary N) is 2. The molecule has 0 radical (unpaired) electrons. The van der Waals surface area contributed by atoms with Gasteiger partial charge >= 0.3 is 0 Å². The highest BCUT2D eigenvalue weighted by Gasteiger charge is 2.17. The molecule has 0 spiro atoms. The van der Waals surface area contributed by atoms with Crippen molar-refractivity contribution in [3.8, 4) is 11.5 Å². The first-order chi connectivity index (χ1) is 14.6. The summed E-state index contributed by atoms with van der Waals surface area (Å²) in [7, 11) is 3.31. The molecule has 0 atom stereocenters. The summed E-state index contributed by atoms with van der Waals surface area (Å²) in [5.74, 6) is 4.68. The zero-order valence-electron chi connectivity index (χ0n) is 17.4. The summed E-state index contributed by atoms with van der Waals surface area (Å²) in [5, 5.41) is 11.2. The van der Waals surface area contributed by atoms with E-state index in [0.717, 1.165) is 58.5 Å². The van der Waals surface area contributed by atoms with Crippen LogP contribution in [0.3, 0.4) is 0 Å². The summed E-state index contributed by atoms with van der Waals surface area (Å²) >= 11 is 1.59. The Morgan fingerprint density at radius 1 is 1.00 bits per heavy atom. The zero-order chi connectivity index (χ0) is 20.9. The van der Waals surface area contributed by atoms with E-state index in [9.17, 15) is 0 Å². The predicted octanol–water partition coefficient (Wildman–Crippen LogP) is 4.16. The highest BCUT2D eigenvalue weighted by atomic mass is 32.2. The fourth-order valence-corrected chi connectivity index (χ4v) is 4.14. The summed E-state index contributed by atoms with van der Waals surface area (Å²) in [4.78, 5) is 11.8. The molecule has 1 fully saturated rings. The van der Waals surface area contributed by atoms with Crippen LogP contribution in [0, 0.1) is 6.92 Å². The van der Waals surface area contributed by atoms with Gasteiger partial charge in [0.1, 0.15) is 23.1 Å². The largest absolute Gasteiger partial charge is 0.497 e. The lowest BCUT2D eigenvalue weighted by atomic mass is 10.2. The Bertz CT molecular complexity index is 981. The molecule has 3 heterocycles. The number of aromatic nitrogens is 4. The molecule has 0 aliphatic carbocycles. The summed E-state index contributed by atoms with van der Waals surface area (Å²) in [6, 6.07) is 9.82. The average molecular weight is 427 g/mol. The maximum absolute atomic E-state index is 5.38. The second-order valence-corrected chi connectivity index (χ2v) is 8.10. The maximum Gasteiger partial charge on any atom is 0.191 e. The third kappa shape index (κ3) is 4.96. The summed E-state index contributed by atoms with van der Waals surface area (Å²) in [5.41, 5.74) is 2.08. The number of aromatic amines is 1. The van der Waals surface area contributed by atoms with Gasteiger partial charge in [-0.15, -0.1) is 0 Å². The van der Waals surface area contributed by atoms with Crippen molar-refractivity contribution in [2.75, 3.05) is 37.5 Å². The van der Waals surface area contributed by atoms with Crippen LogP contribution in [-0.2, 0) is 5.75 Å². The average Bonchev–Trinajstić information content (AvgIpc) is 3.44. The van der Waals surface area contributed by atoms with Gasteiger partial charge in [-0.25, -0.2) is 9.97 Å². The van der Waals surface area contributed by atoms with Crippen LogP contribution in [0.15, 0.2) is 35.5 Å². The number of anilines is 3. The Kier molecular flexibility index (Phi) is 6.27. The Hall–Kier alpha value is -2.94. The monoisotopic (exact) mass is 426 g/mol. The Balaban J connectivity index is 1.56. The fourth-order valence-electron chi connectivity index (χ4n) is 3.36. The van der Waals surface area contributed by atoms with E-state index in [1.807, 2.05) is 37.3 Å². The normalized spacial score (nSPS) is 13.5. The van der Waals surface area contributed by atoms with Gasteiger partial charge in [0.05, 0.1) is 14.2 Å². The van der Waals surface area contributed by atoms with Crippen LogP contribution in [0.25, 0.3) is 0 Å². The van der Waals surface area contributed by atoms with Crippen LogP contribution in [0.5, 0.6) is 11.5 Å². The second-order valence-electron chi connectivity index (χ2n) is 7.16. The van der Waals surface area contributed by atoms with Gasteiger partial charge < -0.3 is 19.7 Å². The molecule has 2 aromatic heterocycles. The molecule has 0 bridgehead atoms. The number of thioether (sulfide) groups is 1. The van der Waals surface area contributed by atoms with Gasteiger partial charge in [0.15, 0.2) is 11.0 Å². The van der Waals surface area contributed by atoms with E-state index in [1.54, 1.807) is 26.0 Å². The quantitative estimate of drug-likeness (QED) is 0.410. The first-order valence-electron chi connectivity index (χ1n) is 9.91. The van der Waals surface area contributed by atoms with Gasteiger partial charge in [0.2, 0.25) is 0 Å². The molecule has 1 aromatic carbocycles. The van der Waals surface area contributed by atoms with Gasteiger partial charge in [0, 0.05) is 42.7 Å². The van der Waals surface area contributed by atoms with Crippen molar-refractivity contribution in [3.05, 3.63) is 41.6 Å². The smallest absolute Gasteiger partial charge is 0.191 e. The third-order valence-corrected chi connectivity index (χ3v) is 5.78. The van der Waals surface area contributed by atoms with Crippen molar-refractivity contribution in [1.29, 1.82) is 0 Å². The molecule has 1 saturated heterocycles. The summed E-state index contributed by atoms with van der Waals surface area (Å²) < 4.78 is 10.8. The highest BCUT2D eigenvalue weighted by Crippen LogP contribution is 2.30. The van der Waals surface area contributed by atoms with Gasteiger partial charge in [-0.3, -0.25) is 5.10 Å². The molecule has 9 heteroatoms. The van der Waals surface area contributed by atoms with Crippen molar-refractivity contribution in [2.24, 2.45) is 0 Å². The molecule has 1 aliphatic rings. The molecular weight excluding hydrogens is 400 g/mol. The first kappa shape index (κ1) is 20.3. The van der Waals surface area contributed by atoms with E-state index >= 15 is 0 Å². The van der Waals surface area contributed by atoms with Gasteiger partial charge in [-0.2, -0.15) is 5.10 Å². The molecule has 3 aromatic rings. The molecule has 8 nitrogen and oxygen atoms in total. The van der Waals surface area contributed by atoms with E-state index in [1.165, 1.54) is 12.8 Å². The SMILES string of the molecule is COc1cc(CSc2nc(Nc3cc(C)[nH]n3)cc(N3CCCC3)n2)cc(OC)c1. The molecule has 30 heavy (non-hydrogen) atoms. The van der Waals surface area contributed by atoms with Gasteiger partial charge in [0.25, 0.3) is 0 Å². The number of nitrogens with zero attached hydrogens (tertiary/aromatic N) is 4. The number of rotatable bonds is 8. The molecular formula is C21H26N6O2S. The van der Waals surface area contributed by atoms with Crippen molar-refractivity contribution in [1.82, 2.24) is 20.2 Å². The number of benzene rings is 1. The number of H-pyrrole nitrogens is 1. The molecule has 158 valence electrons. The third-order valence-electron chi connectivity index (χ3n) is 4.86. The second kappa shape index (κ2) is 9.25. The van der Waals surface area contributed by atoms with Crippen LogP contribution in [0.2, 0.25) is 0 Å². The Labute approximate surface area is 180 Å². The molecule has 1 aliphatic heterocycles. The van der Waals surface area contributed by atoms with E-state index in [-0.39, 0.29) is 0 Å². The van der Waals surface area contributed by atoms with Crippen LogP contribution >= 0.6 is 11.8 Å². The lowest BCUT2D eigenvalue weighted by Crippen LogP contribution is -2.19. The molecule has 0 amide bonds. The number of ether oxygens (including phenoxy) is 2. The Morgan fingerprint density at radius 3 is 2.37 bits per heavy atom. The van der Waals surface area contributed by atoms with Gasteiger partial charge in [-0.05, 0) is 37.5 Å². The van der Waals surface area contributed by atoms with E-state index in [2.05, 4.69) is 20.4 Å². The van der Waals surface area contributed by atoms with E-state index in [0.29, 0.717) is 5.75 Å². The van der Waals surface area contributed by atoms with Crippen molar-refractivity contribution in [3.63, 3.8) is 0 Å². The summed E-state index contributed by atoms with van der Waals surface area (Å²) in [6.45, 7) is 4.02. The minimum atomic E-state index is 0.706. The van der Waals surface area contributed by atoms with Crippen molar-refractivity contribution < 1.29 is 9.47 Å². The van der Waals surface area contributed by atoms with Crippen molar-refractivity contribution in [2.45, 2.75) is 30.7 Å². The lowest BCUT2D eigenvalue weighted by molar-refractivity contribution is 0.393. The standard InChI is InChI=1S/C21H26N6O2S/c1-14-8-19(26-25-14)22-18-12-20(27-6-4-5-7-27)24-21(23-18)30-13-15-9-16(28-2)11-17(10-15)29-3/h8-12H,4-7,13H2,1-3H3,(H2,22,23,24,25,26). The number of hydrogen-bond donors (Lipinski definition) is 2. The van der Waals surface area contributed by atoms with Crippen LogP contribution in [-0.4, -0.2) is 47.5 Å². The summed E-state index contributed by atoms with van der Waals surface area (Å²) in [6.07, 6.45) is 2.38. The number of aryl methyl sites for hydroxylation is 1. The van der Waals surface area contributed by atoms with Crippen molar-refractivity contribution >= 4 is 29.2 Å².